The maximum Gasteiger partial charge on any atom is 0.422 e. The van der Waals surface area contributed by atoms with Gasteiger partial charge in [-0.1, -0.05) is 12.1 Å². The highest BCUT2D eigenvalue weighted by molar-refractivity contribution is 5.96. The number of amides is 1. The lowest BCUT2D eigenvalue weighted by Crippen LogP contribution is -2.51. The Morgan fingerprint density at radius 1 is 1.08 bits per heavy atom. The summed E-state index contributed by atoms with van der Waals surface area (Å²) in [6.07, 6.45) is -3.93. The van der Waals surface area contributed by atoms with Crippen molar-refractivity contribution in [1.29, 1.82) is 0 Å². The number of nitrogens with two attached hydrogens (primary N) is 1. The van der Waals surface area contributed by atoms with Gasteiger partial charge in [0.25, 0.3) is 5.91 Å². The summed E-state index contributed by atoms with van der Waals surface area (Å²) in [4.78, 5) is 18.1. The number of ether oxygens (including phenoxy) is 1. The van der Waals surface area contributed by atoms with Crippen LogP contribution in [0.2, 0.25) is 0 Å². The molecule has 1 saturated heterocycles. The maximum absolute atomic E-state index is 13.1. The van der Waals surface area contributed by atoms with Crippen LogP contribution in [0.15, 0.2) is 60.8 Å². The number of rotatable bonds is 6. The number of carbonyl (C=O) groups is 1. The van der Waals surface area contributed by atoms with Crippen molar-refractivity contribution in [2.45, 2.75) is 12.3 Å². The van der Waals surface area contributed by atoms with Crippen molar-refractivity contribution in [1.82, 2.24) is 19.5 Å². The fraction of sp³-hybridized carbons (Fsp3) is 0.208. The Bertz CT molecular complexity index is 1410. The van der Waals surface area contributed by atoms with Crippen molar-refractivity contribution in [2.24, 2.45) is 0 Å². The van der Waals surface area contributed by atoms with E-state index >= 15 is 0 Å². The second-order valence-electron chi connectivity index (χ2n) is 8.33. The van der Waals surface area contributed by atoms with Crippen LogP contribution in [0.4, 0.5) is 34.9 Å². The highest BCUT2D eigenvalue weighted by Crippen LogP contribution is 2.31. The predicted molar refractivity (Wildman–Crippen MR) is 125 cm³/mol. The third kappa shape index (κ3) is 5.02. The summed E-state index contributed by atoms with van der Waals surface area (Å²) in [7, 11) is 0. The van der Waals surface area contributed by atoms with Gasteiger partial charge < -0.3 is 20.7 Å². The first-order valence-corrected chi connectivity index (χ1v) is 10.9. The molecule has 8 nitrogen and oxygen atoms in total. The lowest BCUT2D eigenvalue weighted by Gasteiger charge is -2.34. The number of benzene rings is 2. The molecule has 3 N–H and O–H groups in total. The zero-order chi connectivity index (χ0) is 25.4. The van der Waals surface area contributed by atoms with Crippen LogP contribution >= 0.6 is 0 Å². The summed E-state index contributed by atoms with van der Waals surface area (Å²) in [5, 5.41) is 7.21. The van der Waals surface area contributed by atoms with Gasteiger partial charge in [0.2, 0.25) is 5.95 Å². The van der Waals surface area contributed by atoms with E-state index in [-0.39, 0.29) is 36.0 Å². The van der Waals surface area contributed by atoms with Gasteiger partial charge in [-0.05, 0) is 48.0 Å². The molecule has 12 heteroatoms. The summed E-state index contributed by atoms with van der Waals surface area (Å²) in [5.74, 6) is -0.589. The molecule has 0 aliphatic carbocycles. The molecule has 0 unspecified atom stereocenters. The topological polar surface area (TPSA) is 97.8 Å². The number of likely N-dealkylation sites (tertiary alicyclic amines) is 1. The van der Waals surface area contributed by atoms with Crippen molar-refractivity contribution in [3.05, 3.63) is 66.4 Å². The van der Waals surface area contributed by atoms with E-state index in [1.807, 2.05) is 18.2 Å². The molecule has 36 heavy (non-hydrogen) atoms. The molecule has 1 aliphatic heterocycles. The number of hydrogen-bond donors (Lipinski definition) is 2. The van der Waals surface area contributed by atoms with Crippen LogP contribution in [-0.4, -0.2) is 57.4 Å². The SMILES string of the molecule is Nc1ccc(-c2ccc3nc(Nc4ccc(C(=O)N5CC(F)C5)cc4OCC(F)(F)F)nn3c2)cc1. The van der Waals surface area contributed by atoms with Gasteiger partial charge in [0.15, 0.2) is 12.3 Å². The highest BCUT2D eigenvalue weighted by atomic mass is 19.4. The molecule has 1 aliphatic rings. The van der Waals surface area contributed by atoms with E-state index in [0.29, 0.717) is 11.3 Å². The fourth-order valence-corrected chi connectivity index (χ4v) is 3.71. The number of halogens is 4. The van der Waals surface area contributed by atoms with Gasteiger partial charge >= 0.3 is 6.18 Å². The van der Waals surface area contributed by atoms with Crippen molar-refractivity contribution >= 4 is 28.9 Å². The molecule has 0 bridgehead atoms. The van der Waals surface area contributed by atoms with Crippen molar-refractivity contribution in [2.75, 3.05) is 30.7 Å². The van der Waals surface area contributed by atoms with E-state index < -0.39 is 24.9 Å². The zero-order valence-electron chi connectivity index (χ0n) is 18.7. The second kappa shape index (κ2) is 9.02. The Hall–Kier alpha value is -4.35. The highest BCUT2D eigenvalue weighted by Gasteiger charge is 2.32. The molecule has 0 atom stereocenters. The molecule has 2 aromatic carbocycles. The first-order valence-electron chi connectivity index (χ1n) is 10.9. The second-order valence-corrected chi connectivity index (χ2v) is 8.33. The van der Waals surface area contributed by atoms with Gasteiger partial charge in [-0.2, -0.15) is 18.2 Å². The minimum atomic E-state index is -4.59. The number of nitrogens with zero attached hydrogens (tertiary/aromatic N) is 4. The molecule has 0 spiro atoms. The average Bonchev–Trinajstić information content (AvgIpc) is 3.22. The molecule has 4 aromatic rings. The number of fused-ring (bicyclic) bond motifs is 1. The monoisotopic (exact) mass is 500 g/mol. The van der Waals surface area contributed by atoms with Gasteiger partial charge in [0, 0.05) is 23.0 Å². The predicted octanol–water partition coefficient (Wildman–Crippen LogP) is 4.46. The van der Waals surface area contributed by atoms with E-state index in [4.69, 9.17) is 10.5 Å². The minimum Gasteiger partial charge on any atom is -0.482 e. The third-order valence-corrected chi connectivity index (χ3v) is 5.57. The number of nitrogen functional groups attached to an aromatic ring is 1. The molecule has 186 valence electrons. The number of anilines is 3. The Labute approximate surface area is 202 Å². The number of aromatic nitrogens is 3. The summed E-state index contributed by atoms with van der Waals surface area (Å²) in [6.45, 7) is -1.67. The molecular weight excluding hydrogens is 480 g/mol. The zero-order valence-corrected chi connectivity index (χ0v) is 18.7. The molecule has 1 amide bonds. The van der Waals surface area contributed by atoms with E-state index in [1.165, 1.54) is 27.6 Å². The maximum atomic E-state index is 13.1. The smallest absolute Gasteiger partial charge is 0.422 e. The molecule has 3 heterocycles. The Morgan fingerprint density at radius 2 is 1.81 bits per heavy atom. The first-order chi connectivity index (χ1) is 17.1. The van der Waals surface area contributed by atoms with Crippen molar-refractivity contribution in [3.63, 3.8) is 0 Å². The van der Waals surface area contributed by atoms with Crippen LogP contribution in [0, 0.1) is 0 Å². The van der Waals surface area contributed by atoms with Gasteiger partial charge in [0.05, 0.1) is 18.8 Å². The molecule has 1 fully saturated rings. The molecule has 2 aromatic heterocycles. The van der Waals surface area contributed by atoms with Crippen LogP contribution in [0.1, 0.15) is 10.4 Å². The molecule has 0 radical (unpaired) electrons. The average molecular weight is 500 g/mol. The number of pyridine rings is 1. The van der Waals surface area contributed by atoms with Crippen LogP contribution in [-0.2, 0) is 0 Å². The van der Waals surface area contributed by atoms with Crippen LogP contribution in [0.25, 0.3) is 16.8 Å². The van der Waals surface area contributed by atoms with Gasteiger partial charge in [0.1, 0.15) is 11.9 Å². The van der Waals surface area contributed by atoms with E-state index in [1.54, 1.807) is 24.4 Å². The van der Waals surface area contributed by atoms with Crippen LogP contribution < -0.4 is 15.8 Å². The van der Waals surface area contributed by atoms with Crippen LogP contribution in [0.3, 0.4) is 0 Å². The fourth-order valence-electron chi connectivity index (χ4n) is 3.71. The normalized spacial score (nSPS) is 14.1. The van der Waals surface area contributed by atoms with Gasteiger partial charge in [-0.25, -0.2) is 8.91 Å². The quantitative estimate of drug-likeness (QED) is 0.300. The van der Waals surface area contributed by atoms with Crippen molar-refractivity contribution < 1.29 is 27.1 Å². The number of alkyl halides is 4. The van der Waals surface area contributed by atoms with E-state index in [0.717, 1.165) is 11.1 Å². The van der Waals surface area contributed by atoms with E-state index in [2.05, 4.69) is 15.4 Å². The van der Waals surface area contributed by atoms with Crippen molar-refractivity contribution in [3.8, 4) is 16.9 Å². The number of carbonyl (C=O) groups excluding carboxylic acids is 1. The Morgan fingerprint density at radius 3 is 2.50 bits per heavy atom. The van der Waals surface area contributed by atoms with E-state index in [9.17, 15) is 22.4 Å². The largest absolute Gasteiger partial charge is 0.482 e. The standard InChI is InChI=1S/C24H20F4N6O2/c25-17-11-33(12-17)22(35)15-3-7-19(20(9-15)36-13-24(26,27)28)30-23-31-21-8-4-16(10-34(21)32-23)14-1-5-18(29)6-2-14/h1-10,17H,11-13,29H2,(H,30,32). The number of nitrogens with one attached hydrogen (secondary N) is 1. The minimum absolute atomic E-state index is 0.0545. The van der Waals surface area contributed by atoms with Gasteiger partial charge in [-0.3, -0.25) is 4.79 Å². The summed E-state index contributed by atoms with van der Waals surface area (Å²) >= 11 is 0. The Balaban J connectivity index is 1.41. The Kier molecular flexibility index (Phi) is 5.86. The van der Waals surface area contributed by atoms with Gasteiger partial charge in [-0.15, -0.1) is 5.10 Å². The lowest BCUT2D eigenvalue weighted by atomic mass is 10.1. The first kappa shape index (κ1) is 23.4. The number of hydrogen-bond acceptors (Lipinski definition) is 6. The summed E-state index contributed by atoms with van der Waals surface area (Å²) in [6, 6.07) is 14.9. The summed E-state index contributed by atoms with van der Waals surface area (Å²) in [5.41, 5.74) is 8.88. The third-order valence-electron chi connectivity index (χ3n) is 5.57. The molecule has 0 saturated carbocycles. The molecular formula is C24H20F4N6O2. The lowest BCUT2D eigenvalue weighted by molar-refractivity contribution is -0.153. The van der Waals surface area contributed by atoms with Crippen LogP contribution in [0.5, 0.6) is 5.75 Å². The molecule has 5 rings (SSSR count). The summed E-state index contributed by atoms with van der Waals surface area (Å²) < 4.78 is 58.1.